The third kappa shape index (κ3) is 4.77. The maximum absolute atomic E-state index is 12.9. The topological polar surface area (TPSA) is 66.9 Å². The lowest BCUT2D eigenvalue weighted by atomic mass is 10.1. The molecule has 132 valence electrons. The van der Waals surface area contributed by atoms with E-state index in [1.807, 2.05) is 0 Å². The molecule has 1 heterocycles. The monoisotopic (exact) mass is 370 g/mol. The molecule has 0 aliphatic rings. The summed E-state index contributed by atoms with van der Waals surface area (Å²) in [5.74, 6) is -0.0970. The standard InChI is InChI=1S/C19H16ClFN4O/c20-15-3-1-2-4-16(15)25-19(26)17-11-18(24-12-23-17)22-10-9-13-5-7-14(21)8-6-13/h1-8,11-12H,9-10H2,(H,25,26)(H,22,23,24). The molecule has 7 heteroatoms. The molecule has 0 spiro atoms. The van der Waals surface area contributed by atoms with Crippen LogP contribution in [0, 0.1) is 5.82 Å². The van der Waals surface area contributed by atoms with Gasteiger partial charge in [0.15, 0.2) is 0 Å². The molecule has 3 rings (SSSR count). The predicted octanol–water partition coefficient (Wildman–Crippen LogP) is 4.18. The summed E-state index contributed by atoms with van der Waals surface area (Å²) in [7, 11) is 0. The molecule has 0 fully saturated rings. The number of aromatic nitrogens is 2. The number of hydrogen-bond acceptors (Lipinski definition) is 4. The van der Waals surface area contributed by atoms with E-state index in [-0.39, 0.29) is 17.4 Å². The van der Waals surface area contributed by atoms with Crippen molar-refractivity contribution in [1.82, 2.24) is 9.97 Å². The highest BCUT2D eigenvalue weighted by Crippen LogP contribution is 2.21. The molecular formula is C19H16ClFN4O. The SMILES string of the molecule is O=C(Nc1ccccc1Cl)c1cc(NCCc2ccc(F)cc2)ncn1. The highest BCUT2D eigenvalue weighted by molar-refractivity contribution is 6.33. The molecule has 0 bridgehead atoms. The summed E-state index contributed by atoms with van der Waals surface area (Å²) in [4.78, 5) is 20.4. The van der Waals surface area contributed by atoms with Crippen molar-refractivity contribution in [2.75, 3.05) is 17.2 Å². The number of para-hydroxylation sites is 1. The first-order valence-corrected chi connectivity index (χ1v) is 8.36. The fourth-order valence-corrected chi connectivity index (χ4v) is 2.50. The zero-order chi connectivity index (χ0) is 18.4. The molecule has 5 nitrogen and oxygen atoms in total. The van der Waals surface area contributed by atoms with E-state index in [1.54, 1.807) is 42.5 Å². The number of halogens is 2. The van der Waals surface area contributed by atoms with E-state index in [0.29, 0.717) is 29.5 Å². The van der Waals surface area contributed by atoms with Gasteiger partial charge in [0.1, 0.15) is 23.7 Å². The van der Waals surface area contributed by atoms with Gasteiger partial charge >= 0.3 is 0 Å². The Hall–Kier alpha value is -2.99. The molecule has 1 aromatic heterocycles. The van der Waals surface area contributed by atoms with E-state index in [9.17, 15) is 9.18 Å². The number of nitrogens with one attached hydrogen (secondary N) is 2. The van der Waals surface area contributed by atoms with Gasteiger partial charge in [-0.05, 0) is 36.2 Å². The Bertz CT molecular complexity index is 902. The molecule has 26 heavy (non-hydrogen) atoms. The lowest BCUT2D eigenvalue weighted by molar-refractivity contribution is 0.102. The summed E-state index contributed by atoms with van der Waals surface area (Å²) in [5.41, 5.74) is 1.75. The minimum atomic E-state index is -0.373. The van der Waals surface area contributed by atoms with Crippen molar-refractivity contribution < 1.29 is 9.18 Å². The first kappa shape index (κ1) is 17.8. The first-order chi connectivity index (χ1) is 12.6. The van der Waals surface area contributed by atoms with Crippen LogP contribution in [0.3, 0.4) is 0 Å². The summed E-state index contributed by atoms with van der Waals surface area (Å²) >= 11 is 6.04. The van der Waals surface area contributed by atoms with Gasteiger partial charge in [0, 0.05) is 12.6 Å². The van der Waals surface area contributed by atoms with Crippen LogP contribution in [-0.2, 0) is 6.42 Å². The largest absolute Gasteiger partial charge is 0.370 e. The Morgan fingerprint density at radius 2 is 1.85 bits per heavy atom. The zero-order valence-corrected chi connectivity index (χ0v) is 14.5. The first-order valence-electron chi connectivity index (χ1n) is 7.98. The van der Waals surface area contributed by atoms with Crippen LogP contribution in [0.4, 0.5) is 15.9 Å². The van der Waals surface area contributed by atoms with Crippen molar-refractivity contribution >= 4 is 29.0 Å². The van der Waals surface area contributed by atoms with E-state index in [2.05, 4.69) is 20.6 Å². The predicted molar refractivity (Wildman–Crippen MR) is 100 cm³/mol. The smallest absolute Gasteiger partial charge is 0.274 e. The Balaban J connectivity index is 1.59. The van der Waals surface area contributed by atoms with Gasteiger partial charge in [0.2, 0.25) is 0 Å². The molecule has 1 amide bonds. The fraction of sp³-hybridized carbons (Fsp3) is 0.105. The maximum Gasteiger partial charge on any atom is 0.274 e. The van der Waals surface area contributed by atoms with Gasteiger partial charge in [-0.2, -0.15) is 0 Å². The maximum atomic E-state index is 12.9. The second-order valence-corrected chi connectivity index (χ2v) is 5.93. The zero-order valence-electron chi connectivity index (χ0n) is 13.7. The van der Waals surface area contributed by atoms with Crippen LogP contribution in [0.15, 0.2) is 60.9 Å². The van der Waals surface area contributed by atoms with Crippen molar-refractivity contribution in [3.05, 3.63) is 83.0 Å². The van der Waals surface area contributed by atoms with Crippen molar-refractivity contribution in [3.63, 3.8) is 0 Å². The molecule has 0 unspecified atom stereocenters. The second-order valence-electron chi connectivity index (χ2n) is 5.53. The second kappa shape index (κ2) is 8.40. The lowest BCUT2D eigenvalue weighted by Crippen LogP contribution is -2.15. The number of rotatable bonds is 6. The molecular weight excluding hydrogens is 355 g/mol. The summed E-state index contributed by atoms with van der Waals surface area (Å²) in [6.07, 6.45) is 2.02. The fourth-order valence-electron chi connectivity index (χ4n) is 2.31. The summed E-state index contributed by atoms with van der Waals surface area (Å²) in [6, 6.07) is 14.9. The summed E-state index contributed by atoms with van der Waals surface area (Å²) in [5, 5.41) is 6.30. The number of benzene rings is 2. The van der Waals surface area contributed by atoms with Gasteiger partial charge < -0.3 is 10.6 Å². The van der Waals surface area contributed by atoms with Crippen LogP contribution in [0.25, 0.3) is 0 Å². The van der Waals surface area contributed by atoms with Crippen LogP contribution in [-0.4, -0.2) is 22.4 Å². The Morgan fingerprint density at radius 1 is 1.08 bits per heavy atom. The van der Waals surface area contributed by atoms with Gasteiger partial charge in [0.05, 0.1) is 10.7 Å². The van der Waals surface area contributed by atoms with E-state index in [0.717, 1.165) is 5.56 Å². The van der Waals surface area contributed by atoms with E-state index in [1.165, 1.54) is 18.5 Å². The third-order valence-electron chi connectivity index (χ3n) is 3.65. The summed E-state index contributed by atoms with van der Waals surface area (Å²) < 4.78 is 12.9. The molecule has 3 aromatic rings. The average Bonchev–Trinajstić information content (AvgIpc) is 2.65. The minimum absolute atomic E-state index is 0.226. The number of nitrogens with zero attached hydrogens (tertiary/aromatic N) is 2. The van der Waals surface area contributed by atoms with Crippen molar-refractivity contribution in [1.29, 1.82) is 0 Å². The van der Waals surface area contributed by atoms with Crippen molar-refractivity contribution in [3.8, 4) is 0 Å². The molecule has 0 aliphatic heterocycles. The molecule has 2 N–H and O–H groups in total. The van der Waals surface area contributed by atoms with E-state index >= 15 is 0 Å². The van der Waals surface area contributed by atoms with Crippen LogP contribution >= 0.6 is 11.6 Å². The summed E-state index contributed by atoms with van der Waals surface area (Å²) in [6.45, 7) is 0.591. The van der Waals surface area contributed by atoms with Crippen LogP contribution < -0.4 is 10.6 Å². The Labute approximate surface area is 155 Å². The van der Waals surface area contributed by atoms with Gasteiger partial charge in [-0.1, -0.05) is 35.9 Å². The van der Waals surface area contributed by atoms with Crippen molar-refractivity contribution in [2.24, 2.45) is 0 Å². The molecule has 0 saturated carbocycles. The minimum Gasteiger partial charge on any atom is -0.370 e. The highest BCUT2D eigenvalue weighted by Gasteiger charge is 2.10. The van der Waals surface area contributed by atoms with Crippen LogP contribution in [0.2, 0.25) is 5.02 Å². The van der Waals surface area contributed by atoms with Crippen LogP contribution in [0.5, 0.6) is 0 Å². The van der Waals surface area contributed by atoms with Crippen LogP contribution in [0.1, 0.15) is 16.1 Å². The van der Waals surface area contributed by atoms with Gasteiger partial charge in [-0.3, -0.25) is 4.79 Å². The number of carbonyl (C=O) groups excluding carboxylic acids is 1. The molecule has 0 aliphatic carbocycles. The van der Waals surface area contributed by atoms with Gasteiger partial charge in [-0.25, -0.2) is 14.4 Å². The number of amides is 1. The quantitative estimate of drug-likeness (QED) is 0.683. The van der Waals surface area contributed by atoms with Crippen molar-refractivity contribution in [2.45, 2.75) is 6.42 Å². The van der Waals surface area contributed by atoms with Gasteiger partial charge in [-0.15, -0.1) is 0 Å². The normalized spacial score (nSPS) is 10.4. The highest BCUT2D eigenvalue weighted by atomic mass is 35.5. The van der Waals surface area contributed by atoms with Gasteiger partial charge in [0.25, 0.3) is 5.91 Å². The van der Waals surface area contributed by atoms with E-state index in [4.69, 9.17) is 11.6 Å². The molecule has 0 atom stereocenters. The number of carbonyl (C=O) groups is 1. The third-order valence-corrected chi connectivity index (χ3v) is 3.98. The Kier molecular flexibility index (Phi) is 5.76. The van der Waals surface area contributed by atoms with E-state index < -0.39 is 0 Å². The lowest BCUT2D eigenvalue weighted by Gasteiger charge is -2.08. The Morgan fingerprint density at radius 3 is 2.62 bits per heavy atom. The molecule has 0 saturated heterocycles. The average molecular weight is 371 g/mol. The molecule has 2 aromatic carbocycles. The number of hydrogen-bond donors (Lipinski definition) is 2. The molecule has 0 radical (unpaired) electrons. The number of anilines is 2.